The lowest BCUT2D eigenvalue weighted by molar-refractivity contribution is 0.0473. The highest BCUT2D eigenvalue weighted by molar-refractivity contribution is 7.92. The molecule has 2 aromatic heterocycles. The maximum absolute atomic E-state index is 12.6. The molecule has 0 atom stereocenters. The highest BCUT2D eigenvalue weighted by Gasteiger charge is 2.21. The van der Waals surface area contributed by atoms with E-state index in [1.165, 1.54) is 19.2 Å². The first-order valence-corrected chi connectivity index (χ1v) is 9.86. The van der Waals surface area contributed by atoms with Crippen molar-refractivity contribution < 1.29 is 17.9 Å². The molecule has 0 aliphatic carbocycles. The number of benzene rings is 1. The number of pyridine rings is 1. The van der Waals surface area contributed by atoms with Crippen LogP contribution < -0.4 is 4.31 Å². The third-order valence-corrected chi connectivity index (χ3v) is 5.39. The van der Waals surface area contributed by atoms with Crippen LogP contribution in [0, 0.1) is 11.3 Å². The van der Waals surface area contributed by atoms with Crippen molar-refractivity contribution in [2.75, 3.05) is 17.6 Å². The number of nitrogens with zero attached hydrogens (tertiary/aromatic N) is 3. The van der Waals surface area contributed by atoms with Crippen LogP contribution in [0.1, 0.15) is 21.5 Å². The van der Waals surface area contributed by atoms with Crippen molar-refractivity contribution in [3.8, 4) is 6.07 Å². The molecular formula is C19H17N3O4S. The van der Waals surface area contributed by atoms with Crippen molar-refractivity contribution in [2.24, 2.45) is 0 Å². The number of esters is 1. The molecule has 138 valence electrons. The summed E-state index contributed by atoms with van der Waals surface area (Å²) in [5.74, 6) is -0.666. The summed E-state index contributed by atoms with van der Waals surface area (Å²) in [5, 5.41) is 9.42. The summed E-state index contributed by atoms with van der Waals surface area (Å²) in [6.07, 6.45) is 4.59. The zero-order valence-corrected chi connectivity index (χ0v) is 15.6. The molecule has 0 N–H and O–H groups in total. The summed E-state index contributed by atoms with van der Waals surface area (Å²) in [5.41, 5.74) is 2.10. The van der Waals surface area contributed by atoms with Crippen LogP contribution in [-0.4, -0.2) is 32.1 Å². The Morgan fingerprint density at radius 2 is 1.93 bits per heavy atom. The van der Waals surface area contributed by atoms with E-state index in [1.807, 2.05) is 12.1 Å². The minimum absolute atomic E-state index is 0.0969. The van der Waals surface area contributed by atoms with Crippen molar-refractivity contribution in [3.05, 3.63) is 71.5 Å². The van der Waals surface area contributed by atoms with Crippen molar-refractivity contribution >= 4 is 27.2 Å². The van der Waals surface area contributed by atoms with Crippen LogP contribution in [0.5, 0.6) is 0 Å². The van der Waals surface area contributed by atoms with Crippen molar-refractivity contribution in [2.45, 2.75) is 6.61 Å². The van der Waals surface area contributed by atoms with Crippen LogP contribution in [-0.2, 0) is 21.4 Å². The van der Waals surface area contributed by atoms with Gasteiger partial charge in [-0.15, -0.1) is 0 Å². The van der Waals surface area contributed by atoms with Crippen LogP contribution >= 0.6 is 0 Å². The Hall–Kier alpha value is -3.31. The predicted octanol–water partition coefficient (Wildman–Crippen LogP) is 2.56. The van der Waals surface area contributed by atoms with E-state index in [1.54, 1.807) is 35.0 Å². The molecule has 0 saturated carbocycles. The van der Waals surface area contributed by atoms with E-state index >= 15 is 0 Å². The largest absolute Gasteiger partial charge is 0.457 e. The molecule has 0 radical (unpaired) electrons. The Labute approximate surface area is 157 Å². The molecule has 0 fully saturated rings. The standard InChI is InChI=1S/C19H17N3O4S/c1-21(27(2,24)25)17-8-4-3-7-15(17)19(23)26-13-14-12-22-10-6-5-9-18(22)16(14)11-20/h3-10,12H,13H2,1-2H3. The molecule has 27 heavy (non-hydrogen) atoms. The zero-order chi connectivity index (χ0) is 19.6. The molecule has 0 amide bonds. The molecule has 0 spiro atoms. The van der Waals surface area contributed by atoms with Crippen LogP contribution in [0.2, 0.25) is 0 Å². The fourth-order valence-electron chi connectivity index (χ4n) is 2.74. The molecule has 1 aromatic carbocycles. The molecular weight excluding hydrogens is 366 g/mol. The van der Waals surface area contributed by atoms with Gasteiger partial charge in [0, 0.05) is 25.0 Å². The number of carbonyl (C=O) groups is 1. The molecule has 0 bridgehead atoms. The van der Waals surface area contributed by atoms with Crippen LogP contribution in [0.4, 0.5) is 5.69 Å². The second kappa shape index (κ2) is 7.13. The van der Waals surface area contributed by atoms with E-state index in [4.69, 9.17) is 4.74 Å². The van der Waals surface area contributed by atoms with Gasteiger partial charge in [-0.2, -0.15) is 5.26 Å². The molecule has 2 heterocycles. The number of nitriles is 1. The zero-order valence-electron chi connectivity index (χ0n) is 14.8. The Balaban J connectivity index is 1.87. The monoisotopic (exact) mass is 383 g/mol. The maximum atomic E-state index is 12.6. The van der Waals surface area contributed by atoms with Gasteiger partial charge in [0.05, 0.1) is 28.6 Å². The first-order chi connectivity index (χ1) is 12.8. The lowest BCUT2D eigenvalue weighted by Crippen LogP contribution is -2.26. The normalized spacial score (nSPS) is 11.1. The molecule has 3 aromatic rings. The van der Waals surface area contributed by atoms with Crippen molar-refractivity contribution in [1.82, 2.24) is 4.40 Å². The summed E-state index contributed by atoms with van der Waals surface area (Å²) in [7, 11) is -2.16. The van der Waals surface area contributed by atoms with Crippen molar-refractivity contribution in [3.63, 3.8) is 0 Å². The number of anilines is 1. The van der Waals surface area contributed by atoms with Gasteiger partial charge in [0.25, 0.3) is 0 Å². The minimum Gasteiger partial charge on any atom is -0.457 e. The van der Waals surface area contributed by atoms with Crippen molar-refractivity contribution in [1.29, 1.82) is 5.26 Å². The van der Waals surface area contributed by atoms with Gasteiger partial charge in [-0.05, 0) is 24.3 Å². The Morgan fingerprint density at radius 3 is 2.63 bits per heavy atom. The Morgan fingerprint density at radius 1 is 1.22 bits per heavy atom. The fourth-order valence-corrected chi connectivity index (χ4v) is 3.25. The van der Waals surface area contributed by atoms with Gasteiger partial charge < -0.3 is 9.14 Å². The molecule has 0 unspecified atom stereocenters. The summed E-state index contributed by atoms with van der Waals surface area (Å²) in [4.78, 5) is 12.6. The van der Waals surface area contributed by atoms with E-state index in [0.717, 1.165) is 16.1 Å². The lowest BCUT2D eigenvalue weighted by atomic mass is 10.1. The van der Waals surface area contributed by atoms with Crippen LogP contribution in [0.25, 0.3) is 5.52 Å². The van der Waals surface area contributed by atoms with E-state index in [-0.39, 0.29) is 17.9 Å². The topological polar surface area (TPSA) is 91.9 Å². The van der Waals surface area contributed by atoms with Gasteiger partial charge >= 0.3 is 5.97 Å². The predicted molar refractivity (Wildman–Crippen MR) is 101 cm³/mol. The molecule has 0 aliphatic heterocycles. The average molecular weight is 383 g/mol. The number of fused-ring (bicyclic) bond motifs is 1. The van der Waals surface area contributed by atoms with E-state index in [9.17, 15) is 18.5 Å². The highest BCUT2D eigenvalue weighted by atomic mass is 32.2. The van der Waals surface area contributed by atoms with E-state index in [2.05, 4.69) is 6.07 Å². The number of para-hydroxylation sites is 1. The minimum atomic E-state index is -3.53. The fraction of sp³-hybridized carbons (Fsp3) is 0.158. The van der Waals surface area contributed by atoms with E-state index in [0.29, 0.717) is 11.1 Å². The summed E-state index contributed by atoms with van der Waals surface area (Å²) in [6.45, 7) is -0.0969. The van der Waals surface area contributed by atoms with Gasteiger partial charge in [0.2, 0.25) is 10.0 Å². The third kappa shape index (κ3) is 3.64. The Kier molecular flexibility index (Phi) is 4.88. The molecule has 8 heteroatoms. The smallest absolute Gasteiger partial charge is 0.340 e. The summed E-state index contributed by atoms with van der Waals surface area (Å²) in [6, 6.07) is 13.9. The Bertz CT molecular complexity index is 1160. The average Bonchev–Trinajstić information content (AvgIpc) is 3.02. The van der Waals surface area contributed by atoms with Gasteiger partial charge in [-0.3, -0.25) is 4.31 Å². The van der Waals surface area contributed by atoms with Gasteiger partial charge in [-0.25, -0.2) is 13.2 Å². The first kappa shape index (κ1) is 18.5. The maximum Gasteiger partial charge on any atom is 0.340 e. The number of aromatic nitrogens is 1. The number of hydrogen-bond acceptors (Lipinski definition) is 5. The van der Waals surface area contributed by atoms with Gasteiger partial charge in [0.15, 0.2) is 0 Å². The second-order valence-electron chi connectivity index (χ2n) is 5.96. The van der Waals surface area contributed by atoms with Crippen LogP contribution in [0.15, 0.2) is 54.9 Å². The SMILES string of the molecule is CN(c1ccccc1C(=O)OCc1cn2ccccc2c1C#N)S(C)(=O)=O. The van der Waals surface area contributed by atoms with Gasteiger partial charge in [-0.1, -0.05) is 18.2 Å². The number of carbonyl (C=O) groups excluding carboxylic acids is 1. The number of ether oxygens (including phenoxy) is 1. The third-order valence-electron chi connectivity index (χ3n) is 4.19. The summed E-state index contributed by atoms with van der Waals surface area (Å²) >= 11 is 0. The second-order valence-corrected chi connectivity index (χ2v) is 7.97. The number of sulfonamides is 1. The molecule has 0 saturated heterocycles. The number of hydrogen-bond donors (Lipinski definition) is 0. The highest BCUT2D eigenvalue weighted by Crippen LogP contribution is 2.24. The van der Waals surface area contributed by atoms with E-state index < -0.39 is 16.0 Å². The lowest BCUT2D eigenvalue weighted by Gasteiger charge is -2.19. The summed E-state index contributed by atoms with van der Waals surface area (Å²) < 4.78 is 31.8. The van der Waals surface area contributed by atoms with Crippen LogP contribution in [0.3, 0.4) is 0 Å². The molecule has 0 aliphatic rings. The molecule has 3 rings (SSSR count). The van der Waals surface area contributed by atoms with Gasteiger partial charge in [0.1, 0.15) is 12.7 Å². The first-order valence-electron chi connectivity index (χ1n) is 8.01. The molecule has 7 nitrogen and oxygen atoms in total. The number of rotatable bonds is 5. The quantitative estimate of drug-likeness (QED) is 0.632.